The number of ether oxygens (including phenoxy) is 1. The molecule has 1 aliphatic rings. The fourth-order valence-corrected chi connectivity index (χ4v) is 4.92. The van der Waals surface area contributed by atoms with Gasteiger partial charge in [-0.2, -0.15) is 0 Å². The van der Waals surface area contributed by atoms with Gasteiger partial charge in [0.05, 0.1) is 6.04 Å². The summed E-state index contributed by atoms with van der Waals surface area (Å²) in [7, 11) is 1.77. The predicted octanol–water partition coefficient (Wildman–Crippen LogP) is 1.72. The molecule has 0 aromatic heterocycles. The molecule has 0 spiro atoms. The number of benzene rings is 1. The number of carbonyl (C=O) groups is 7. The highest BCUT2D eigenvalue weighted by molar-refractivity contribution is 6.12. The van der Waals surface area contributed by atoms with E-state index < -0.39 is 30.0 Å². The lowest BCUT2D eigenvalue weighted by atomic mass is 9.89. The van der Waals surface area contributed by atoms with Gasteiger partial charge in [-0.15, -0.1) is 0 Å². The Labute approximate surface area is 281 Å². The Bertz CT molecular complexity index is 1280. The van der Waals surface area contributed by atoms with Crippen LogP contribution >= 0.6 is 0 Å². The van der Waals surface area contributed by atoms with Crippen LogP contribution in [0.2, 0.25) is 0 Å². The second-order valence-corrected chi connectivity index (χ2v) is 11.9. The Morgan fingerprint density at radius 3 is 2.19 bits per heavy atom. The Balaban J connectivity index is 1.92. The van der Waals surface area contributed by atoms with Crippen molar-refractivity contribution < 1.29 is 38.3 Å². The summed E-state index contributed by atoms with van der Waals surface area (Å²) >= 11 is 0. The van der Waals surface area contributed by atoms with Crippen LogP contribution in [0.4, 0.5) is 15.3 Å². The minimum atomic E-state index is -0.808. The van der Waals surface area contributed by atoms with Crippen molar-refractivity contribution in [3.05, 3.63) is 42.0 Å². The molecule has 15 heteroatoms. The zero-order valence-corrected chi connectivity index (χ0v) is 28.0. The van der Waals surface area contributed by atoms with Crippen molar-refractivity contribution in [2.45, 2.75) is 71.4 Å². The molecular formula is C33H49N7O8. The Hall–Kier alpha value is -4.79. The summed E-state index contributed by atoms with van der Waals surface area (Å²) in [6, 6.07) is 5.25. The number of anilines is 1. The number of rotatable bonds is 22. The standard InChI is InChI=1S/C33H49N7O8/c1-22(2)30(39-27(42)9-5-4-6-19-40-28(43)14-15-29(40)44)26(41)20-24(8-7-16-36-32(34)46)31(45)38-25-12-10-23(11-13-25)21-48-33(47)37-18-17-35-3/h10-15,22,24,30,35H,4-9,16-21H2,1-3H3,(H,37,47)(H,38,45)(H,39,42)(H3,34,36,46)/t24-,30+/m1/s1. The molecule has 15 nitrogen and oxygen atoms in total. The van der Waals surface area contributed by atoms with E-state index in [2.05, 4.69) is 26.6 Å². The van der Waals surface area contributed by atoms with Crippen molar-refractivity contribution in [3.8, 4) is 0 Å². The maximum absolute atomic E-state index is 13.5. The number of hydrogen-bond acceptors (Lipinski definition) is 9. The number of nitrogens with two attached hydrogens (primary N) is 1. The van der Waals surface area contributed by atoms with Gasteiger partial charge >= 0.3 is 12.1 Å². The molecule has 264 valence electrons. The zero-order chi connectivity index (χ0) is 35.5. The number of carbonyl (C=O) groups excluding carboxylic acids is 7. The maximum atomic E-state index is 13.5. The lowest BCUT2D eigenvalue weighted by Gasteiger charge is -2.24. The van der Waals surface area contributed by atoms with Gasteiger partial charge in [0.2, 0.25) is 11.8 Å². The van der Waals surface area contributed by atoms with Crippen LogP contribution in [0.15, 0.2) is 36.4 Å². The molecule has 0 saturated carbocycles. The predicted molar refractivity (Wildman–Crippen MR) is 178 cm³/mol. The van der Waals surface area contributed by atoms with E-state index >= 15 is 0 Å². The third-order valence-electron chi connectivity index (χ3n) is 7.60. The first-order valence-corrected chi connectivity index (χ1v) is 16.2. The average Bonchev–Trinajstić information content (AvgIpc) is 3.36. The van der Waals surface area contributed by atoms with E-state index in [9.17, 15) is 33.6 Å². The van der Waals surface area contributed by atoms with Crippen LogP contribution in [0.5, 0.6) is 0 Å². The molecule has 1 aromatic carbocycles. The van der Waals surface area contributed by atoms with E-state index in [1.54, 1.807) is 31.3 Å². The quantitative estimate of drug-likeness (QED) is 0.0780. The van der Waals surface area contributed by atoms with E-state index in [4.69, 9.17) is 10.5 Å². The summed E-state index contributed by atoms with van der Waals surface area (Å²) in [6.45, 7) is 5.22. The van der Waals surface area contributed by atoms with Crippen molar-refractivity contribution in [3.63, 3.8) is 0 Å². The number of hydrogen-bond donors (Lipinski definition) is 6. The smallest absolute Gasteiger partial charge is 0.407 e. The minimum absolute atomic E-state index is 0.0459. The van der Waals surface area contributed by atoms with Crippen LogP contribution in [0.1, 0.15) is 64.4 Å². The van der Waals surface area contributed by atoms with Crippen LogP contribution in [-0.2, 0) is 35.3 Å². The molecule has 1 aliphatic heterocycles. The van der Waals surface area contributed by atoms with Gasteiger partial charge < -0.3 is 37.1 Å². The summed E-state index contributed by atoms with van der Waals surface area (Å²) in [6.07, 6.45) is 4.33. The van der Waals surface area contributed by atoms with Crippen LogP contribution in [0, 0.1) is 11.8 Å². The highest BCUT2D eigenvalue weighted by atomic mass is 16.5. The van der Waals surface area contributed by atoms with Crippen LogP contribution in [0.3, 0.4) is 0 Å². The number of ketones is 1. The van der Waals surface area contributed by atoms with Crippen LogP contribution in [0.25, 0.3) is 0 Å². The fraction of sp³-hybridized carbons (Fsp3) is 0.545. The second-order valence-electron chi connectivity index (χ2n) is 11.9. The first-order chi connectivity index (χ1) is 22.9. The van der Waals surface area contributed by atoms with Crippen LogP contribution < -0.4 is 32.3 Å². The molecule has 7 N–H and O–H groups in total. The summed E-state index contributed by atoms with van der Waals surface area (Å²) < 4.78 is 5.18. The SMILES string of the molecule is CNCCNC(=O)OCc1ccc(NC(=O)[C@H](CCCNC(N)=O)CC(=O)[C@@H](NC(=O)CCCCCN2C(=O)C=CC2=O)C(C)C)cc1. The van der Waals surface area contributed by atoms with E-state index in [0.29, 0.717) is 50.0 Å². The first-order valence-electron chi connectivity index (χ1n) is 16.2. The van der Waals surface area contributed by atoms with E-state index in [1.165, 1.54) is 12.2 Å². The number of Topliss-reactive ketones (excluding diaryl/α,β-unsaturated/α-hetero) is 1. The summed E-state index contributed by atoms with van der Waals surface area (Å²) in [5.74, 6) is -2.65. The van der Waals surface area contributed by atoms with Gasteiger partial charge in [-0.05, 0) is 56.3 Å². The number of amides is 7. The van der Waals surface area contributed by atoms with Gasteiger partial charge in [-0.3, -0.25) is 28.9 Å². The second kappa shape index (κ2) is 21.2. The molecule has 0 unspecified atom stereocenters. The van der Waals surface area contributed by atoms with Crippen molar-refractivity contribution in [1.29, 1.82) is 0 Å². The number of alkyl carbamates (subject to hydrolysis) is 1. The molecule has 2 atom stereocenters. The third-order valence-corrected chi connectivity index (χ3v) is 7.60. The van der Waals surface area contributed by atoms with Crippen molar-refractivity contribution in [2.24, 2.45) is 17.6 Å². The number of likely N-dealkylation sites (N-methyl/N-ethyl adjacent to an activating group) is 1. The number of nitrogens with zero attached hydrogens (tertiary/aromatic N) is 1. The molecule has 7 amide bonds. The zero-order valence-electron chi connectivity index (χ0n) is 28.0. The van der Waals surface area contributed by atoms with Crippen molar-refractivity contribution >= 4 is 47.2 Å². The van der Waals surface area contributed by atoms with E-state index in [-0.39, 0.29) is 68.4 Å². The van der Waals surface area contributed by atoms with Crippen molar-refractivity contribution in [1.82, 2.24) is 26.2 Å². The average molecular weight is 672 g/mol. The lowest BCUT2D eigenvalue weighted by Crippen LogP contribution is -2.45. The normalized spacial score (nSPS) is 13.6. The molecule has 2 rings (SSSR count). The molecule has 1 aromatic rings. The van der Waals surface area contributed by atoms with Gasteiger partial charge in [-0.25, -0.2) is 9.59 Å². The molecule has 48 heavy (non-hydrogen) atoms. The molecule has 0 radical (unpaired) electrons. The summed E-state index contributed by atoms with van der Waals surface area (Å²) in [4.78, 5) is 86.9. The van der Waals surface area contributed by atoms with Gasteiger partial charge in [0.1, 0.15) is 6.61 Å². The summed E-state index contributed by atoms with van der Waals surface area (Å²) in [5.41, 5.74) is 6.35. The highest BCUT2D eigenvalue weighted by Crippen LogP contribution is 2.20. The van der Waals surface area contributed by atoms with Gasteiger partial charge in [0, 0.05) is 62.8 Å². The fourth-order valence-electron chi connectivity index (χ4n) is 4.92. The summed E-state index contributed by atoms with van der Waals surface area (Å²) in [5, 5.41) is 13.7. The molecule has 0 fully saturated rings. The molecular weight excluding hydrogens is 622 g/mol. The largest absolute Gasteiger partial charge is 0.445 e. The van der Waals surface area contributed by atoms with E-state index in [0.717, 1.165) is 4.90 Å². The molecule has 0 saturated heterocycles. The Morgan fingerprint density at radius 1 is 0.875 bits per heavy atom. The first kappa shape index (κ1) is 39.4. The Morgan fingerprint density at radius 2 is 1.56 bits per heavy atom. The highest BCUT2D eigenvalue weighted by Gasteiger charge is 2.29. The number of imide groups is 1. The topological polar surface area (TPSA) is 218 Å². The minimum Gasteiger partial charge on any atom is -0.445 e. The van der Waals surface area contributed by atoms with Gasteiger partial charge in [0.25, 0.3) is 11.8 Å². The van der Waals surface area contributed by atoms with E-state index in [1.807, 2.05) is 13.8 Å². The number of primary amides is 1. The van der Waals surface area contributed by atoms with Gasteiger partial charge in [0.15, 0.2) is 5.78 Å². The molecule has 1 heterocycles. The third kappa shape index (κ3) is 14.8. The maximum Gasteiger partial charge on any atom is 0.407 e. The number of urea groups is 1. The molecule has 0 bridgehead atoms. The number of unbranched alkanes of at least 4 members (excludes halogenated alkanes) is 2. The van der Waals surface area contributed by atoms with Crippen LogP contribution in [-0.4, -0.2) is 85.7 Å². The Kier molecular flexibility index (Phi) is 17.4. The van der Waals surface area contributed by atoms with Crippen molar-refractivity contribution in [2.75, 3.05) is 38.5 Å². The van der Waals surface area contributed by atoms with Gasteiger partial charge in [-0.1, -0.05) is 32.4 Å². The molecule has 0 aliphatic carbocycles. The number of nitrogens with one attached hydrogen (secondary N) is 5. The lowest BCUT2D eigenvalue weighted by molar-refractivity contribution is -0.137. The monoisotopic (exact) mass is 671 g/mol.